The third-order valence-electron chi connectivity index (χ3n) is 4.15. The summed E-state index contributed by atoms with van der Waals surface area (Å²) in [5.74, 6) is -1.92. The first-order valence-corrected chi connectivity index (χ1v) is 8.08. The van der Waals surface area contributed by atoms with Crippen LogP contribution < -0.4 is 0 Å². The maximum Gasteiger partial charge on any atom is 0.339 e. The average molecular weight is 401 g/mol. The molecule has 0 heterocycles. The topological polar surface area (TPSA) is 173 Å². The minimum atomic E-state index is -1.02. The summed E-state index contributed by atoms with van der Waals surface area (Å²) >= 11 is 0. The maximum atomic E-state index is 12.8. The molecule has 1 aliphatic rings. The average Bonchev–Trinajstić information content (AvgIpc) is 2.92. The van der Waals surface area contributed by atoms with Crippen molar-refractivity contribution in [3.8, 4) is 11.1 Å². The number of carbonyl (C=O) groups is 2. The van der Waals surface area contributed by atoms with Crippen LogP contribution in [-0.4, -0.2) is 32.6 Å². The molecule has 2 aromatic rings. The number of carbonyl (C=O) groups excluding carboxylic acids is 2. The zero-order chi connectivity index (χ0) is 21.6. The predicted molar refractivity (Wildman–Crippen MR) is 95.8 cm³/mol. The molecule has 0 saturated heterocycles. The summed E-state index contributed by atoms with van der Waals surface area (Å²) in [6, 6.07) is 3.24. The van der Waals surface area contributed by atoms with E-state index in [2.05, 4.69) is 0 Å². The molecule has 0 N–H and O–H groups in total. The Bertz CT molecular complexity index is 1140. The van der Waals surface area contributed by atoms with Gasteiger partial charge in [0.2, 0.25) is 0 Å². The van der Waals surface area contributed by atoms with E-state index in [4.69, 9.17) is 4.74 Å². The summed E-state index contributed by atoms with van der Waals surface area (Å²) in [6.45, 7) is 3.06. The molecule has 148 valence electrons. The highest BCUT2D eigenvalue weighted by molar-refractivity contribution is 6.26. The fourth-order valence-electron chi connectivity index (χ4n) is 3.07. The SMILES string of the molecule is CC(C)OC(=O)c1cc([N+](=O)[O-])cc2c1-c1c(cc([N+](=O)[O-])cc1[N+](=O)[O-])C2=O. The highest BCUT2D eigenvalue weighted by atomic mass is 16.6. The first kappa shape index (κ1) is 19.5. The molecule has 0 saturated carbocycles. The summed E-state index contributed by atoms with van der Waals surface area (Å²) < 4.78 is 5.06. The molecule has 0 aromatic heterocycles. The van der Waals surface area contributed by atoms with Crippen molar-refractivity contribution in [2.24, 2.45) is 0 Å². The van der Waals surface area contributed by atoms with Crippen LogP contribution in [0.5, 0.6) is 0 Å². The van der Waals surface area contributed by atoms with E-state index in [9.17, 15) is 39.9 Å². The Labute approximate surface area is 161 Å². The summed E-state index contributed by atoms with van der Waals surface area (Å²) in [7, 11) is 0. The summed E-state index contributed by atoms with van der Waals surface area (Å²) in [4.78, 5) is 56.5. The van der Waals surface area contributed by atoms with E-state index in [1.165, 1.54) is 13.8 Å². The van der Waals surface area contributed by atoms with E-state index < -0.39 is 55.3 Å². The Morgan fingerprint density at radius 3 is 1.86 bits per heavy atom. The number of non-ortho nitro benzene ring substituents is 2. The van der Waals surface area contributed by atoms with Crippen LogP contribution in [0.1, 0.15) is 40.1 Å². The molecule has 0 fully saturated rings. The van der Waals surface area contributed by atoms with Crippen LogP contribution >= 0.6 is 0 Å². The Balaban J connectivity index is 2.42. The first-order valence-electron chi connectivity index (χ1n) is 8.08. The Morgan fingerprint density at radius 2 is 1.38 bits per heavy atom. The van der Waals surface area contributed by atoms with Crippen molar-refractivity contribution in [2.75, 3.05) is 0 Å². The molecule has 1 aliphatic carbocycles. The largest absolute Gasteiger partial charge is 0.459 e. The van der Waals surface area contributed by atoms with Gasteiger partial charge >= 0.3 is 5.97 Å². The molecule has 3 rings (SSSR count). The first-order chi connectivity index (χ1) is 13.5. The fourth-order valence-corrected chi connectivity index (χ4v) is 3.07. The van der Waals surface area contributed by atoms with Gasteiger partial charge in [-0.05, 0) is 13.8 Å². The van der Waals surface area contributed by atoms with Crippen LogP contribution in [-0.2, 0) is 4.74 Å². The van der Waals surface area contributed by atoms with E-state index in [0.717, 1.165) is 18.2 Å². The van der Waals surface area contributed by atoms with Gasteiger partial charge in [0.05, 0.1) is 38.1 Å². The van der Waals surface area contributed by atoms with Crippen LogP contribution in [0.3, 0.4) is 0 Å². The molecule has 0 unspecified atom stereocenters. The highest BCUT2D eigenvalue weighted by Crippen LogP contribution is 2.47. The van der Waals surface area contributed by atoms with Gasteiger partial charge < -0.3 is 4.74 Å². The number of fused-ring (bicyclic) bond motifs is 3. The minimum absolute atomic E-state index is 0.220. The van der Waals surface area contributed by atoms with Crippen LogP contribution in [0.25, 0.3) is 11.1 Å². The number of nitro groups is 3. The number of ether oxygens (including phenoxy) is 1. The van der Waals surface area contributed by atoms with Crippen LogP contribution in [0, 0.1) is 30.3 Å². The standard InChI is InChI=1S/C17H11N3O9/c1-7(2)29-17(22)12-5-8(18(23)24)3-10-14(12)15-11(16(10)21)4-9(19(25)26)6-13(15)20(27)28/h3-7H,1-2H3. The molecule has 0 spiro atoms. The van der Waals surface area contributed by atoms with E-state index in [1.807, 2.05) is 0 Å². The molecule has 29 heavy (non-hydrogen) atoms. The van der Waals surface area contributed by atoms with Crippen molar-refractivity contribution in [2.45, 2.75) is 20.0 Å². The molecule has 2 aromatic carbocycles. The molecule has 12 heteroatoms. The lowest BCUT2D eigenvalue weighted by Crippen LogP contribution is -2.13. The van der Waals surface area contributed by atoms with Crippen LogP contribution in [0.2, 0.25) is 0 Å². The van der Waals surface area contributed by atoms with Crippen molar-refractivity contribution in [3.05, 3.63) is 71.3 Å². The number of benzene rings is 2. The number of hydrogen-bond acceptors (Lipinski definition) is 9. The molecular weight excluding hydrogens is 390 g/mol. The van der Waals surface area contributed by atoms with Crippen molar-refractivity contribution in [1.29, 1.82) is 0 Å². The maximum absolute atomic E-state index is 12.8. The molecule has 0 atom stereocenters. The monoisotopic (exact) mass is 401 g/mol. The summed E-state index contributed by atoms with van der Waals surface area (Å²) in [6.07, 6.45) is -0.610. The lowest BCUT2D eigenvalue weighted by molar-refractivity contribution is -0.393. The normalized spacial score (nSPS) is 11.8. The zero-order valence-electron chi connectivity index (χ0n) is 14.9. The number of ketones is 1. The van der Waals surface area contributed by atoms with Gasteiger partial charge in [-0.3, -0.25) is 35.1 Å². The second-order valence-corrected chi connectivity index (χ2v) is 6.36. The van der Waals surface area contributed by atoms with Crippen LogP contribution in [0.15, 0.2) is 24.3 Å². The number of nitro benzene ring substituents is 3. The second kappa shape index (κ2) is 6.74. The molecule has 0 bridgehead atoms. The van der Waals surface area contributed by atoms with E-state index in [0.29, 0.717) is 6.07 Å². The summed E-state index contributed by atoms with van der Waals surface area (Å²) in [5.41, 5.74) is -3.74. The Kier molecular flexibility index (Phi) is 4.54. The van der Waals surface area contributed by atoms with Gasteiger partial charge in [0, 0.05) is 34.9 Å². The van der Waals surface area contributed by atoms with Crippen LogP contribution in [0.4, 0.5) is 17.1 Å². The Hall–Kier alpha value is -4.22. The predicted octanol–water partition coefficient (Wildman–Crippen LogP) is 3.19. The van der Waals surface area contributed by atoms with Crippen molar-refractivity contribution in [1.82, 2.24) is 0 Å². The molecule has 0 amide bonds. The Morgan fingerprint density at radius 1 is 0.862 bits per heavy atom. The lowest BCUT2D eigenvalue weighted by atomic mass is 9.97. The van der Waals surface area contributed by atoms with Gasteiger partial charge in [-0.1, -0.05) is 0 Å². The number of nitrogens with zero attached hydrogens (tertiary/aromatic N) is 3. The number of rotatable bonds is 5. The molecule has 12 nitrogen and oxygen atoms in total. The van der Waals surface area contributed by atoms with Gasteiger partial charge in [-0.15, -0.1) is 0 Å². The van der Waals surface area contributed by atoms with Gasteiger partial charge in [0.15, 0.2) is 5.78 Å². The van der Waals surface area contributed by atoms with Crippen molar-refractivity contribution >= 4 is 28.8 Å². The zero-order valence-corrected chi connectivity index (χ0v) is 14.9. The van der Waals surface area contributed by atoms with Gasteiger partial charge in [-0.2, -0.15) is 0 Å². The van der Waals surface area contributed by atoms with Crippen molar-refractivity contribution in [3.63, 3.8) is 0 Å². The smallest absolute Gasteiger partial charge is 0.339 e. The summed E-state index contributed by atoms with van der Waals surface area (Å²) in [5, 5.41) is 33.9. The van der Waals surface area contributed by atoms with E-state index in [1.54, 1.807) is 0 Å². The number of esters is 1. The molecule has 0 aliphatic heterocycles. The van der Waals surface area contributed by atoms with Gasteiger partial charge in [0.25, 0.3) is 17.1 Å². The van der Waals surface area contributed by atoms with E-state index >= 15 is 0 Å². The van der Waals surface area contributed by atoms with Gasteiger partial charge in [0.1, 0.15) is 0 Å². The quantitative estimate of drug-likeness (QED) is 0.353. The highest BCUT2D eigenvalue weighted by Gasteiger charge is 2.40. The molecular formula is C17H11N3O9. The fraction of sp³-hybridized carbons (Fsp3) is 0.176. The van der Waals surface area contributed by atoms with E-state index in [-0.39, 0.29) is 22.3 Å². The molecule has 0 radical (unpaired) electrons. The lowest BCUT2D eigenvalue weighted by Gasteiger charge is -2.11. The third-order valence-corrected chi connectivity index (χ3v) is 4.15. The second-order valence-electron chi connectivity index (χ2n) is 6.36. The van der Waals surface area contributed by atoms with Gasteiger partial charge in [-0.25, -0.2) is 4.79 Å². The van der Waals surface area contributed by atoms with Crippen molar-refractivity contribution < 1.29 is 29.1 Å². The number of hydrogen-bond donors (Lipinski definition) is 0. The third kappa shape index (κ3) is 3.16. The minimum Gasteiger partial charge on any atom is -0.459 e.